The van der Waals surface area contributed by atoms with Crippen LogP contribution in [0.5, 0.6) is 11.5 Å². The zero-order chi connectivity index (χ0) is 19.2. The van der Waals surface area contributed by atoms with Gasteiger partial charge in [0.1, 0.15) is 0 Å². The van der Waals surface area contributed by atoms with Crippen molar-refractivity contribution in [2.45, 2.75) is 32.7 Å². The van der Waals surface area contributed by atoms with E-state index >= 15 is 0 Å². The third-order valence-corrected chi connectivity index (χ3v) is 5.07. The summed E-state index contributed by atoms with van der Waals surface area (Å²) in [6.45, 7) is 5.73. The van der Waals surface area contributed by atoms with Gasteiger partial charge in [-0.2, -0.15) is 0 Å². The van der Waals surface area contributed by atoms with Crippen LogP contribution < -0.4 is 14.8 Å². The Kier molecular flexibility index (Phi) is 6.22. The summed E-state index contributed by atoms with van der Waals surface area (Å²) in [5.41, 5.74) is 3.67. The molecule has 1 aliphatic heterocycles. The van der Waals surface area contributed by atoms with Crippen LogP contribution in [0.1, 0.15) is 24.0 Å². The van der Waals surface area contributed by atoms with Crippen LogP contribution in [0, 0.1) is 13.8 Å². The van der Waals surface area contributed by atoms with E-state index in [0.29, 0.717) is 18.0 Å². The summed E-state index contributed by atoms with van der Waals surface area (Å²) >= 11 is 0. The lowest BCUT2D eigenvalue weighted by Gasteiger charge is -2.33. The molecule has 1 heterocycles. The number of hydrogen-bond acceptors (Lipinski definition) is 4. The topological polar surface area (TPSA) is 50.8 Å². The van der Waals surface area contributed by atoms with Crippen LogP contribution in [0.2, 0.25) is 0 Å². The second-order valence-corrected chi connectivity index (χ2v) is 7.06. The van der Waals surface area contributed by atoms with Gasteiger partial charge in [0.15, 0.2) is 18.1 Å². The van der Waals surface area contributed by atoms with Crippen LogP contribution >= 0.6 is 0 Å². The molecular weight excluding hydrogens is 340 g/mol. The maximum absolute atomic E-state index is 12.6. The number of hydrogen-bond donors (Lipinski definition) is 1. The first-order valence-electron chi connectivity index (χ1n) is 9.44. The molecule has 27 heavy (non-hydrogen) atoms. The number of carbonyl (C=O) groups excluding carboxylic acids is 1. The van der Waals surface area contributed by atoms with Crippen molar-refractivity contribution in [2.24, 2.45) is 0 Å². The Morgan fingerprint density at radius 3 is 2.67 bits per heavy atom. The zero-order valence-corrected chi connectivity index (χ0v) is 16.3. The van der Waals surface area contributed by atoms with E-state index in [0.717, 1.165) is 25.1 Å². The summed E-state index contributed by atoms with van der Waals surface area (Å²) in [7, 11) is 1.59. The molecule has 2 aromatic rings. The lowest BCUT2D eigenvalue weighted by atomic mass is 10.0. The third-order valence-electron chi connectivity index (χ3n) is 5.07. The van der Waals surface area contributed by atoms with Crippen molar-refractivity contribution in [3.8, 4) is 11.5 Å². The highest BCUT2D eigenvalue weighted by atomic mass is 16.5. The molecule has 2 aromatic carbocycles. The van der Waals surface area contributed by atoms with Gasteiger partial charge in [-0.3, -0.25) is 4.79 Å². The fraction of sp³-hybridized carbons (Fsp3) is 0.409. The van der Waals surface area contributed by atoms with Gasteiger partial charge in [-0.1, -0.05) is 18.2 Å². The van der Waals surface area contributed by atoms with Crippen molar-refractivity contribution < 1.29 is 14.3 Å². The summed E-state index contributed by atoms with van der Waals surface area (Å²) in [6, 6.07) is 14.0. The molecule has 0 saturated carbocycles. The SMILES string of the molecule is COc1ccccc1OCC(=O)N1CCC[C@H](Nc2ccc(C)c(C)c2)C1. The molecule has 0 aromatic heterocycles. The third kappa shape index (κ3) is 4.94. The summed E-state index contributed by atoms with van der Waals surface area (Å²) in [6.07, 6.45) is 2.05. The summed E-state index contributed by atoms with van der Waals surface area (Å²) in [5.74, 6) is 1.24. The molecule has 1 fully saturated rings. The van der Waals surface area contributed by atoms with Gasteiger partial charge in [0.2, 0.25) is 0 Å². The Morgan fingerprint density at radius 1 is 1.15 bits per heavy atom. The first-order valence-corrected chi connectivity index (χ1v) is 9.44. The van der Waals surface area contributed by atoms with E-state index in [1.54, 1.807) is 7.11 Å². The number of carbonyl (C=O) groups is 1. The van der Waals surface area contributed by atoms with Crippen molar-refractivity contribution >= 4 is 11.6 Å². The Labute approximate surface area is 161 Å². The van der Waals surface area contributed by atoms with Crippen molar-refractivity contribution in [2.75, 3.05) is 32.1 Å². The molecular formula is C22H28N2O3. The lowest BCUT2D eigenvalue weighted by molar-refractivity contribution is -0.134. The van der Waals surface area contributed by atoms with Crippen molar-refractivity contribution in [3.05, 3.63) is 53.6 Å². The predicted molar refractivity (Wildman–Crippen MR) is 108 cm³/mol. The van der Waals surface area contributed by atoms with Crippen molar-refractivity contribution in [1.82, 2.24) is 4.90 Å². The van der Waals surface area contributed by atoms with E-state index in [1.807, 2.05) is 29.2 Å². The Morgan fingerprint density at radius 2 is 1.93 bits per heavy atom. The molecule has 0 aliphatic carbocycles. The monoisotopic (exact) mass is 368 g/mol. The highest BCUT2D eigenvalue weighted by molar-refractivity contribution is 5.78. The van der Waals surface area contributed by atoms with Gasteiger partial charge in [0.25, 0.3) is 5.91 Å². The molecule has 1 atom stereocenters. The van der Waals surface area contributed by atoms with Crippen molar-refractivity contribution in [1.29, 1.82) is 0 Å². The van der Waals surface area contributed by atoms with E-state index < -0.39 is 0 Å². The molecule has 0 unspecified atom stereocenters. The molecule has 0 spiro atoms. The van der Waals surface area contributed by atoms with Gasteiger partial charge in [0, 0.05) is 24.8 Å². The van der Waals surface area contributed by atoms with E-state index in [-0.39, 0.29) is 18.6 Å². The molecule has 1 aliphatic rings. The van der Waals surface area contributed by atoms with E-state index in [1.165, 1.54) is 11.1 Å². The fourth-order valence-electron chi connectivity index (χ4n) is 3.36. The molecule has 1 amide bonds. The number of nitrogens with zero attached hydrogens (tertiary/aromatic N) is 1. The summed E-state index contributed by atoms with van der Waals surface area (Å²) in [4.78, 5) is 14.5. The zero-order valence-electron chi connectivity index (χ0n) is 16.3. The summed E-state index contributed by atoms with van der Waals surface area (Å²) < 4.78 is 11.0. The van der Waals surface area contributed by atoms with E-state index in [2.05, 4.69) is 37.4 Å². The lowest BCUT2D eigenvalue weighted by Crippen LogP contribution is -2.46. The molecule has 1 N–H and O–H groups in total. The van der Waals surface area contributed by atoms with Gasteiger partial charge in [-0.05, 0) is 62.1 Å². The first kappa shape index (κ1) is 19.1. The molecule has 5 nitrogen and oxygen atoms in total. The number of aryl methyl sites for hydroxylation is 2. The predicted octanol–water partition coefficient (Wildman–Crippen LogP) is 3.79. The van der Waals surface area contributed by atoms with Crippen LogP contribution in [0.3, 0.4) is 0 Å². The number of ether oxygens (including phenoxy) is 2. The second-order valence-electron chi connectivity index (χ2n) is 7.06. The van der Waals surface area contributed by atoms with Crippen LogP contribution in [0.4, 0.5) is 5.69 Å². The quantitative estimate of drug-likeness (QED) is 0.843. The second kappa shape index (κ2) is 8.80. The molecule has 3 rings (SSSR count). The number of piperidine rings is 1. The Hall–Kier alpha value is -2.69. The van der Waals surface area contributed by atoms with E-state index in [4.69, 9.17) is 9.47 Å². The van der Waals surface area contributed by atoms with Gasteiger partial charge in [-0.15, -0.1) is 0 Å². The number of para-hydroxylation sites is 2. The first-order chi connectivity index (χ1) is 13.1. The van der Waals surface area contributed by atoms with Crippen LogP contribution in [0.25, 0.3) is 0 Å². The van der Waals surface area contributed by atoms with Gasteiger partial charge < -0.3 is 19.7 Å². The highest BCUT2D eigenvalue weighted by Gasteiger charge is 2.24. The minimum absolute atomic E-state index is 0.00694. The number of likely N-dealkylation sites (tertiary alicyclic amines) is 1. The largest absolute Gasteiger partial charge is 0.493 e. The number of nitrogens with one attached hydrogen (secondary N) is 1. The number of anilines is 1. The van der Waals surface area contributed by atoms with Gasteiger partial charge in [-0.25, -0.2) is 0 Å². The van der Waals surface area contributed by atoms with Gasteiger partial charge >= 0.3 is 0 Å². The van der Waals surface area contributed by atoms with Crippen LogP contribution in [-0.2, 0) is 4.79 Å². The molecule has 0 radical (unpaired) electrons. The standard InChI is InChI=1S/C22H28N2O3/c1-16-10-11-18(13-17(16)2)23-19-7-6-12-24(14-19)22(25)15-27-21-9-5-4-8-20(21)26-3/h4-5,8-11,13,19,23H,6-7,12,14-15H2,1-3H3/t19-/m0/s1. The van der Waals surface area contributed by atoms with Crippen LogP contribution in [-0.4, -0.2) is 43.7 Å². The molecule has 0 bridgehead atoms. The fourth-order valence-corrected chi connectivity index (χ4v) is 3.36. The average molecular weight is 368 g/mol. The number of amides is 1. The minimum Gasteiger partial charge on any atom is -0.493 e. The normalized spacial score (nSPS) is 16.7. The Balaban J connectivity index is 1.55. The van der Waals surface area contributed by atoms with Crippen LogP contribution in [0.15, 0.2) is 42.5 Å². The molecule has 144 valence electrons. The maximum Gasteiger partial charge on any atom is 0.260 e. The highest BCUT2D eigenvalue weighted by Crippen LogP contribution is 2.26. The molecule has 1 saturated heterocycles. The average Bonchev–Trinajstić information content (AvgIpc) is 2.69. The number of methoxy groups -OCH3 is 1. The van der Waals surface area contributed by atoms with E-state index in [9.17, 15) is 4.79 Å². The minimum atomic E-state index is 0.00694. The maximum atomic E-state index is 12.6. The smallest absolute Gasteiger partial charge is 0.260 e. The number of benzene rings is 2. The molecule has 5 heteroatoms. The van der Waals surface area contributed by atoms with Crippen molar-refractivity contribution in [3.63, 3.8) is 0 Å². The number of rotatable bonds is 6. The van der Waals surface area contributed by atoms with Gasteiger partial charge in [0.05, 0.1) is 7.11 Å². The Bertz CT molecular complexity index is 791. The summed E-state index contributed by atoms with van der Waals surface area (Å²) in [5, 5.41) is 3.57.